The van der Waals surface area contributed by atoms with Gasteiger partial charge in [-0.3, -0.25) is 4.98 Å². The Balaban J connectivity index is 1.48. The van der Waals surface area contributed by atoms with Crippen LogP contribution in [0.15, 0.2) is 67.0 Å². The Hall–Kier alpha value is -2.68. The van der Waals surface area contributed by atoms with Gasteiger partial charge in [0.05, 0.1) is 24.9 Å². The Bertz CT molecular complexity index is 1070. The topological polar surface area (TPSA) is 62.6 Å². The third kappa shape index (κ3) is 5.72. The summed E-state index contributed by atoms with van der Waals surface area (Å²) in [5.74, 6) is 6.30. The van der Waals surface area contributed by atoms with Gasteiger partial charge in [-0.2, -0.15) is 0 Å². The molecule has 3 atom stereocenters. The minimum atomic E-state index is -0.476. The number of benzene rings is 2. The Morgan fingerprint density at radius 1 is 0.968 bits per heavy atom. The molecule has 0 bridgehead atoms. The van der Waals surface area contributed by atoms with E-state index in [0.717, 1.165) is 27.8 Å². The van der Waals surface area contributed by atoms with Gasteiger partial charge < -0.3 is 14.9 Å². The van der Waals surface area contributed by atoms with Crippen molar-refractivity contribution in [3.8, 4) is 11.8 Å². The maximum Gasteiger partial charge on any atom is 0.0854 e. The molecule has 0 aliphatic carbocycles. The normalized spacial score (nSPS) is 20.7. The van der Waals surface area contributed by atoms with E-state index in [2.05, 4.69) is 29.0 Å². The van der Waals surface area contributed by atoms with Crippen LogP contribution in [0.2, 0.25) is 5.02 Å². The number of nitrogens with zero attached hydrogens (tertiary/aromatic N) is 1. The lowest BCUT2D eigenvalue weighted by atomic mass is 9.94. The first-order chi connectivity index (χ1) is 15.1. The number of halogens is 1. The highest BCUT2D eigenvalue weighted by Crippen LogP contribution is 2.33. The third-order valence-electron chi connectivity index (χ3n) is 5.40. The van der Waals surface area contributed by atoms with Crippen LogP contribution in [0.1, 0.15) is 46.8 Å². The lowest BCUT2D eigenvalue weighted by Crippen LogP contribution is -2.33. The van der Waals surface area contributed by atoms with E-state index in [1.165, 1.54) is 0 Å². The second-order valence-corrected chi connectivity index (χ2v) is 8.17. The molecule has 158 valence electrons. The number of rotatable bonds is 4. The molecule has 0 radical (unpaired) electrons. The Labute approximate surface area is 187 Å². The summed E-state index contributed by atoms with van der Waals surface area (Å²) in [7, 11) is 0. The smallest absolute Gasteiger partial charge is 0.0854 e. The summed E-state index contributed by atoms with van der Waals surface area (Å²) in [6.07, 6.45) is 4.06. The van der Waals surface area contributed by atoms with Gasteiger partial charge in [-0.05, 0) is 53.4 Å². The van der Waals surface area contributed by atoms with E-state index in [1.54, 1.807) is 12.4 Å². The molecule has 1 aliphatic heterocycles. The molecule has 31 heavy (non-hydrogen) atoms. The number of aliphatic hydroxyl groups excluding tert-OH is 2. The van der Waals surface area contributed by atoms with Crippen molar-refractivity contribution in [3.05, 3.63) is 99.8 Å². The molecule has 1 fully saturated rings. The molecular weight excluding hydrogens is 410 g/mol. The van der Waals surface area contributed by atoms with Gasteiger partial charge >= 0.3 is 0 Å². The fraction of sp³-hybridized carbons (Fsp3) is 0.269. The molecule has 0 amide bonds. The van der Waals surface area contributed by atoms with Crippen molar-refractivity contribution in [2.45, 2.75) is 37.6 Å². The molecule has 4 nitrogen and oxygen atoms in total. The number of aliphatic hydroxyl groups is 2. The predicted octanol–water partition coefficient (Wildman–Crippen LogP) is 4.30. The molecule has 3 aromatic rings. The van der Waals surface area contributed by atoms with E-state index in [4.69, 9.17) is 16.3 Å². The number of hydrogen-bond donors (Lipinski definition) is 2. The highest BCUT2D eigenvalue weighted by Gasteiger charge is 2.29. The number of aromatic nitrogens is 1. The molecule has 5 heteroatoms. The average molecular weight is 434 g/mol. The van der Waals surface area contributed by atoms with Crippen LogP contribution in [-0.4, -0.2) is 34.0 Å². The second kappa shape index (κ2) is 10.1. The van der Waals surface area contributed by atoms with Gasteiger partial charge in [0.1, 0.15) is 0 Å². The van der Waals surface area contributed by atoms with Crippen molar-refractivity contribution >= 4 is 11.6 Å². The molecule has 0 spiro atoms. The first-order valence-corrected chi connectivity index (χ1v) is 10.7. The minimum Gasteiger partial charge on any atom is -0.394 e. The highest BCUT2D eigenvalue weighted by molar-refractivity contribution is 6.31. The lowest BCUT2D eigenvalue weighted by molar-refractivity contribution is -0.113. The molecule has 2 N–H and O–H groups in total. The highest BCUT2D eigenvalue weighted by atomic mass is 35.5. The van der Waals surface area contributed by atoms with Crippen LogP contribution in [0, 0.1) is 11.8 Å². The van der Waals surface area contributed by atoms with Gasteiger partial charge in [-0.25, -0.2) is 0 Å². The van der Waals surface area contributed by atoms with Crippen LogP contribution in [0.3, 0.4) is 0 Å². The van der Waals surface area contributed by atoms with Crippen LogP contribution in [0.25, 0.3) is 0 Å². The molecule has 1 saturated heterocycles. The van der Waals surface area contributed by atoms with E-state index >= 15 is 0 Å². The Morgan fingerprint density at radius 3 is 2.39 bits per heavy atom. The SMILES string of the molecule is OCC1CC(O)CC(c2ccc(Cl)c(Cc3ccc(C#Cc4ccncc4)cc3)c2)O1. The summed E-state index contributed by atoms with van der Waals surface area (Å²) in [6, 6.07) is 17.7. The van der Waals surface area contributed by atoms with Crippen molar-refractivity contribution in [1.29, 1.82) is 0 Å². The quantitative estimate of drug-likeness (QED) is 0.602. The summed E-state index contributed by atoms with van der Waals surface area (Å²) in [5, 5.41) is 20.2. The maximum atomic E-state index is 10.1. The van der Waals surface area contributed by atoms with Crippen LogP contribution >= 0.6 is 11.6 Å². The lowest BCUT2D eigenvalue weighted by Gasteiger charge is -2.32. The molecule has 2 heterocycles. The zero-order valence-electron chi connectivity index (χ0n) is 17.0. The van der Waals surface area contributed by atoms with Crippen LogP contribution in [-0.2, 0) is 11.2 Å². The van der Waals surface area contributed by atoms with Crippen molar-refractivity contribution in [3.63, 3.8) is 0 Å². The first-order valence-electron chi connectivity index (χ1n) is 10.3. The second-order valence-electron chi connectivity index (χ2n) is 7.76. The fourth-order valence-electron chi connectivity index (χ4n) is 3.76. The summed E-state index contributed by atoms with van der Waals surface area (Å²) < 4.78 is 5.94. The zero-order valence-corrected chi connectivity index (χ0v) is 17.8. The standard InChI is InChI=1S/C26H24ClNO3/c27-25-8-7-21(26-16-23(30)15-24(17-29)31-26)14-22(25)13-20-5-3-18(4-6-20)1-2-19-9-11-28-12-10-19/h3-12,14,23-24,26,29-30H,13,15-17H2. The molecule has 0 saturated carbocycles. The van der Waals surface area contributed by atoms with Gasteiger partial charge in [-0.15, -0.1) is 0 Å². The van der Waals surface area contributed by atoms with E-state index in [0.29, 0.717) is 24.3 Å². The largest absolute Gasteiger partial charge is 0.394 e. The minimum absolute atomic E-state index is 0.0928. The van der Waals surface area contributed by atoms with Crippen molar-refractivity contribution < 1.29 is 14.9 Å². The van der Waals surface area contributed by atoms with Crippen molar-refractivity contribution in [2.75, 3.05) is 6.61 Å². The predicted molar refractivity (Wildman–Crippen MR) is 121 cm³/mol. The van der Waals surface area contributed by atoms with Crippen molar-refractivity contribution in [1.82, 2.24) is 4.98 Å². The summed E-state index contributed by atoms with van der Waals surface area (Å²) in [4.78, 5) is 4.00. The summed E-state index contributed by atoms with van der Waals surface area (Å²) in [5.41, 5.74) is 4.97. The van der Waals surface area contributed by atoms with E-state index in [1.807, 2.05) is 42.5 Å². The van der Waals surface area contributed by atoms with Gasteiger partial charge in [0.15, 0.2) is 0 Å². The van der Waals surface area contributed by atoms with E-state index in [-0.39, 0.29) is 18.8 Å². The number of ether oxygens (including phenoxy) is 1. The average Bonchev–Trinajstić information content (AvgIpc) is 2.80. The van der Waals surface area contributed by atoms with Gasteiger partial charge in [0.2, 0.25) is 0 Å². The number of hydrogen-bond acceptors (Lipinski definition) is 4. The molecular formula is C26H24ClNO3. The summed E-state index contributed by atoms with van der Waals surface area (Å²) in [6.45, 7) is -0.0928. The third-order valence-corrected chi connectivity index (χ3v) is 5.77. The summed E-state index contributed by atoms with van der Waals surface area (Å²) >= 11 is 6.46. The van der Waals surface area contributed by atoms with Gasteiger partial charge in [-0.1, -0.05) is 47.7 Å². The van der Waals surface area contributed by atoms with Crippen LogP contribution in [0.5, 0.6) is 0 Å². The number of pyridine rings is 1. The van der Waals surface area contributed by atoms with E-state index in [9.17, 15) is 10.2 Å². The molecule has 4 rings (SSSR count). The van der Waals surface area contributed by atoms with Crippen molar-refractivity contribution in [2.24, 2.45) is 0 Å². The van der Waals surface area contributed by atoms with Crippen LogP contribution < -0.4 is 0 Å². The van der Waals surface area contributed by atoms with Crippen LogP contribution in [0.4, 0.5) is 0 Å². The molecule has 2 aromatic carbocycles. The fourth-order valence-corrected chi connectivity index (χ4v) is 3.94. The molecule has 3 unspecified atom stereocenters. The molecule has 1 aliphatic rings. The molecule has 1 aromatic heterocycles. The zero-order chi connectivity index (χ0) is 21.6. The first kappa shape index (κ1) is 21.5. The maximum absolute atomic E-state index is 10.1. The Kier molecular flexibility index (Phi) is 7.01. The monoisotopic (exact) mass is 433 g/mol. The van der Waals surface area contributed by atoms with Gasteiger partial charge in [0, 0.05) is 41.4 Å². The van der Waals surface area contributed by atoms with E-state index < -0.39 is 6.10 Å². The Morgan fingerprint density at radius 2 is 1.68 bits per heavy atom. The van der Waals surface area contributed by atoms with Gasteiger partial charge in [0.25, 0.3) is 0 Å².